The standard InChI is InChI=1S/C4H10OS.CH4O/c1-3-6(5)4-2;1-2/h3-4H2,1-2H3;2H,1H3. The van der Waals surface area contributed by atoms with Gasteiger partial charge in [-0.25, -0.2) is 0 Å². The Bertz CT molecular complexity index is 48.4. The lowest BCUT2D eigenvalue weighted by atomic mass is 11.0. The Hall–Kier alpha value is 0.110. The Labute approximate surface area is 53.4 Å². The van der Waals surface area contributed by atoms with E-state index in [1.165, 1.54) is 0 Å². The molecular weight excluding hydrogens is 124 g/mol. The highest BCUT2D eigenvalue weighted by atomic mass is 32.2. The summed E-state index contributed by atoms with van der Waals surface area (Å²) >= 11 is 0. The molecule has 0 saturated carbocycles. The van der Waals surface area contributed by atoms with Gasteiger partial charge in [-0.05, 0) is 0 Å². The van der Waals surface area contributed by atoms with Crippen molar-refractivity contribution in [3.05, 3.63) is 0 Å². The van der Waals surface area contributed by atoms with Crippen LogP contribution in [0.4, 0.5) is 0 Å². The zero-order valence-corrected chi connectivity index (χ0v) is 6.49. The van der Waals surface area contributed by atoms with E-state index in [-0.39, 0.29) is 0 Å². The fourth-order valence-electron chi connectivity index (χ4n) is 0.204. The molecular formula is C5H14O2S. The molecule has 0 aliphatic heterocycles. The van der Waals surface area contributed by atoms with Crippen LogP contribution in [0.15, 0.2) is 0 Å². The Morgan fingerprint density at radius 2 is 1.50 bits per heavy atom. The zero-order valence-electron chi connectivity index (χ0n) is 5.68. The molecule has 2 nitrogen and oxygen atoms in total. The van der Waals surface area contributed by atoms with Crippen LogP contribution in [-0.4, -0.2) is 27.9 Å². The molecule has 0 radical (unpaired) electrons. The van der Waals surface area contributed by atoms with E-state index < -0.39 is 10.8 Å². The Morgan fingerprint density at radius 3 is 1.50 bits per heavy atom. The molecule has 0 aromatic rings. The van der Waals surface area contributed by atoms with Crippen molar-refractivity contribution >= 4 is 10.8 Å². The average Bonchev–Trinajstić information content (AvgIpc) is 1.91. The molecule has 0 aliphatic rings. The van der Waals surface area contributed by atoms with Gasteiger partial charge in [-0.1, -0.05) is 13.8 Å². The van der Waals surface area contributed by atoms with Gasteiger partial charge in [-0.15, -0.1) is 0 Å². The predicted octanol–water partition coefficient (Wildman–Crippen LogP) is 0.383. The monoisotopic (exact) mass is 138 g/mol. The van der Waals surface area contributed by atoms with Gasteiger partial charge in [0.25, 0.3) is 0 Å². The van der Waals surface area contributed by atoms with E-state index in [1.807, 2.05) is 13.8 Å². The van der Waals surface area contributed by atoms with Gasteiger partial charge in [0.05, 0.1) is 0 Å². The van der Waals surface area contributed by atoms with Crippen molar-refractivity contribution in [1.82, 2.24) is 0 Å². The molecule has 0 saturated heterocycles. The smallest absolute Gasteiger partial charge is 0.0319 e. The first-order valence-electron chi connectivity index (χ1n) is 2.61. The van der Waals surface area contributed by atoms with Gasteiger partial charge in [-0.3, -0.25) is 4.21 Å². The molecule has 0 atom stereocenters. The highest BCUT2D eigenvalue weighted by Gasteiger charge is 1.83. The van der Waals surface area contributed by atoms with Crippen molar-refractivity contribution in [2.45, 2.75) is 13.8 Å². The summed E-state index contributed by atoms with van der Waals surface area (Å²) in [6.45, 7) is 3.86. The van der Waals surface area contributed by atoms with Crippen LogP contribution in [0.1, 0.15) is 13.8 Å². The minimum atomic E-state index is -0.534. The van der Waals surface area contributed by atoms with E-state index in [4.69, 9.17) is 5.11 Å². The van der Waals surface area contributed by atoms with Crippen LogP contribution in [0.2, 0.25) is 0 Å². The molecule has 0 aromatic heterocycles. The first-order valence-corrected chi connectivity index (χ1v) is 4.09. The lowest BCUT2D eigenvalue weighted by Crippen LogP contribution is -1.93. The average molecular weight is 138 g/mol. The van der Waals surface area contributed by atoms with E-state index in [0.717, 1.165) is 18.6 Å². The van der Waals surface area contributed by atoms with Crippen molar-refractivity contribution in [2.24, 2.45) is 0 Å². The maximum absolute atomic E-state index is 10.3. The SMILES string of the molecule is CCS(=O)CC.CO. The first-order chi connectivity index (χ1) is 3.81. The second-order valence-electron chi connectivity index (χ2n) is 1.02. The predicted molar refractivity (Wildman–Crippen MR) is 37.4 cm³/mol. The molecule has 0 aromatic carbocycles. The molecule has 52 valence electrons. The van der Waals surface area contributed by atoms with Crippen LogP contribution >= 0.6 is 0 Å². The Kier molecular flexibility index (Phi) is 14.0. The summed E-state index contributed by atoms with van der Waals surface area (Å²) < 4.78 is 10.3. The Morgan fingerprint density at radius 1 is 1.25 bits per heavy atom. The number of hydrogen-bond acceptors (Lipinski definition) is 2. The van der Waals surface area contributed by atoms with E-state index in [0.29, 0.717) is 0 Å². The zero-order chi connectivity index (χ0) is 6.99. The first kappa shape index (κ1) is 11.0. The molecule has 3 heteroatoms. The summed E-state index contributed by atoms with van der Waals surface area (Å²) in [6.07, 6.45) is 0. The Balaban J connectivity index is 0. The maximum atomic E-state index is 10.3. The van der Waals surface area contributed by atoms with Gasteiger partial charge in [0, 0.05) is 29.4 Å². The van der Waals surface area contributed by atoms with E-state index in [2.05, 4.69) is 0 Å². The third kappa shape index (κ3) is 9.44. The highest BCUT2D eigenvalue weighted by molar-refractivity contribution is 7.84. The van der Waals surface area contributed by atoms with Crippen LogP contribution in [0.25, 0.3) is 0 Å². The summed E-state index contributed by atoms with van der Waals surface area (Å²) in [4.78, 5) is 0. The van der Waals surface area contributed by atoms with Crippen LogP contribution in [-0.2, 0) is 10.8 Å². The minimum Gasteiger partial charge on any atom is -0.400 e. The maximum Gasteiger partial charge on any atom is 0.0319 e. The van der Waals surface area contributed by atoms with Crippen molar-refractivity contribution < 1.29 is 9.32 Å². The summed E-state index contributed by atoms with van der Waals surface area (Å²) in [6, 6.07) is 0. The summed E-state index contributed by atoms with van der Waals surface area (Å²) in [7, 11) is 0.466. The lowest BCUT2D eigenvalue weighted by molar-refractivity contribution is 0.399. The fraction of sp³-hybridized carbons (Fsp3) is 1.00. The van der Waals surface area contributed by atoms with Crippen molar-refractivity contribution in [2.75, 3.05) is 18.6 Å². The molecule has 0 bridgehead atoms. The molecule has 0 amide bonds. The number of hydrogen-bond donors (Lipinski definition) is 1. The van der Waals surface area contributed by atoms with Crippen molar-refractivity contribution in [3.63, 3.8) is 0 Å². The number of rotatable bonds is 2. The van der Waals surface area contributed by atoms with Gasteiger partial charge in [0.2, 0.25) is 0 Å². The van der Waals surface area contributed by atoms with Gasteiger partial charge in [0.1, 0.15) is 0 Å². The number of aliphatic hydroxyl groups excluding tert-OH is 1. The fourth-order valence-corrected chi connectivity index (χ4v) is 0.612. The van der Waals surface area contributed by atoms with Gasteiger partial charge in [-0.2, -0.15) is 0 Å². The summed E-state index contributed by atoms with van der Waals surface area (Å²) in [5.41, 5.74) is 0. The van der Waals surface area contributed by atoms with E-state index in [9.17, 15) is 4.21 Å². The normalized spacial score (nSPS) is 8.12. The largest absolute Gasteiger partial charge is 0.400 e. The molecule has 0 rings (SSSR count). The van der Waals surface area contributed by atoms with Crippen LogP contribution < -0.4 is 0 Å². The molecule has 0 aliphatic carbocycles. The third-order valence-corrected chi connectivity index (χ3v) is 1.93. The van der Waals surface area contributed by atoms with Crippen LogP contribution in [0.5, 0.6) is 0 Å². The molecule has 0 fully saturated rings. The van der Waals surface area contributed by atoms with Crippen molar-refractivity contribution in [3.8, 4) is 0 Å². The molecule has 8 heavy (non-hydrogen) atoms. The second-order valence-corrected chi connectivity index (χ2v) is 3.05. The molecule has 1 N–H and O–H groups in total. The van der Waals surface area contributed by atoms with E-state index >= 15 is 0 Å². The number of aliphatic hydroxyl groups is 1. The highest BCUT2D eigenvalue weighted by Crippen LogP contribution is 1.75. The lowest BCUT2D eigenvalue weighted by Gasteiger charge is -1.84. The minimum absolute atomic E-state index is 0.534. The molecule has 0 heterocycles. The molecule has 0 spiro atoms. The van der Waals surface area contributed by atoms with Crippen LogP contribution in [0.3, 0.4) is 0 Å². The van der Waals surface area contributed by atoms with Crippen LogP contribution in [0, 0.1) is 0 Å². The van der Waals surface area contributed by atoms with E-state index in [1.54, 1.807) is 0 Å². The van der Waals surface area contributed by atoms with Gasteiger partial charge < -0.3 is 5.11 Å². The van der Waals surface area contributed by atoms with Gasteiger partial charge in [0.15, 0.2) is 0 Å². The van der Waals surface area contributed by atoms with Crippen molar-refractivity contribution in [1.29, 1.82) is 0 Å². The summed E-state index contributed by atoms with van der Waals surface area (Å²) in [5, 5.41) is 7.00. The molecule has 0 unspecified atom stereocenters. The van der Waals surface area contributed by atoms with Gasteiger partial charge >= 0.3 is 0 Å². The third-order valence-electron chi connectivity index (χ3n) is 0.644. The topological polar surface area (TPSA) is 37.3 Å². The second kappa shape index (κ2) is 10.2. The quantitative estimate of drug-likeness (QED) is 0.599. The summed E-state index contributed by atoms with van der Waals surface area (Å²) in [5.74, 6) is 1.60.